The number of rotatable bonds is 54. The Morgan fingerprint density at radius 1 is 0.379 bits per heavy atom. The first-order valence-electron chi connectivity index (χ1n) is 41.5. The molecule has 714 valence electrons. The number of carbonyl (C=O) groups is 20. The lowest BCUT2D eigenvalue weighted by atomic mass is 9.99. The Kier molecular flexibility index (Phi) is 43.0. The summed E-state index contributed by atoms with van der Waals surface area (Å²) in [6.07, 6.45) is -5.87. The lowest BCUT2D eigenvalue weighted by molar-refractivity contribution is -0.145. The minimum absolute atomic E-state index is 0.0178. The molecule has 1 fully saturated rings. The molecule has 0 spiro atoms. The molecule has 0 aromatic heterocycles. The van der Waals surface area contributed by atoms with Gasteiger partial charge in [-0.15, -0.1) is 0 Å². The van der Waals surface area contributed by atoms with Crippen LogP contribution in [-0.2, 0) is 101 Å². The maximum absolute atomic E-state index is 15.2. The van der Waals surface area contributed by atoms with Crippen LogP contribution in [0.4, 0.5) is 10.5 Å². The van der Waals surface area contributed by atoms with Crippen molar-refractivity contribution in [3.05, 3.63) is 143 Å². The summed E-state index contributed by atoms with van der Waals surface area (Å²) in [5.41, 5.74) is 5.59. The van der Waals surface area contributed by atoms with Gasteiger partial charge in [-0.1, -0.05) is 66.7 Å². The molecule has 10 amide bonds. The molecular formula is C85H107N15O32. The van der Waals surface area contributed by atoms with Gasteiger partial charge in [-0.05, 0) is 115 Å². The van der Waals surface area contributed by atoms with E-state index in [-0.39, 0.29) is 123 Å². The summed E-state index contributed by atoms with van der Waals surface area (Å²) in [6.45, 7) is -2.83. The van der Waals surface area contributed by atoms with Crippen molar-refractivity contribution in [1.29, 1.82) is 0 Å². The van der Waals surface area contributed by atoms with E-state index in [1.165, 1.54) is 56.0 Å². The molecule has 5 aromatic carbocycles. The normalized spacial score (nSPS) is 14.8. The zero-order valence-corrected chi connectivity index (χ0v) is 71.3. The van der Waals surface area contributed by atoms with Gasteiger partial charge in [0, 0.05) is 115 Å². The number of aromatic carboxylic acids is 2. The van der Waals surface area contributed by atoms with E-state index in [2.05, 4.69) is 47.3 Å². The number of amides is 10. The Morgan fingerprint density at radius 2 is 0.795 bits per heavy atom. The maximum atomic E-state index is 15.2. The highest BCUT2D eigenvalue weighted by molar-refractivity contribution is 6.04. The van der Waals surface area contributed by atoms with Gasteiger partial charge in [0.05, 0.1) is 43.8 Å². The summed E-state index contributed by atoms with van der Waals surface area (Å²) >= 11 is 0. The highest BCUT2D eigenvalue weighted by Gasteiger charge is 2.36. The molecule has 23 N–H and O–H groups in total. The molecular weight excluding hydrogens is 1740 g/mol. The van der Waals surface area contributed by atoms with Crippen molar-refractivity contribution in [2.45, 2.75) is 144 Å². The molecule has 2 unspecified atom stereocenters. The van der Waals surface area contributed by atoms with Crippen molar-refractivity contribution in [2.24, 2.45) is 0 Å². The predicted molar refractivity (Wildman–Crippen MR) is 459 cm³/mol. The number of urea groups is 1. The summed E-state index contributed by atoms with van der Waals surface area (Å²) < 4.78 is 4.42. The van der Waals surface area contributed by atoms with Crippen LogP contribution in [0.3, 0.4) is 0 Å². The second kappa shape index (κ2) is 53.7. The number of nitrogens with one attached hydrogen (secondary N) is 10. The Morgan fingerprint density at radius 3 is 1.29 bits per heavy atom. The topological polar surface area (TPSA) is 732 Å². The molecule has 5 aromatic rings. The number of unbranched alkanes of at least 4 members (excludes halogenated alkanes) is 1. The number of aromatic hydroxyl groups is 1. The highest BCUT2D eigenvalue weighted by Crippen LogP contribution is 2.21. The lowest BCUT2D eigenvalue weighted by Gasteiger charge is -2.35. The monoisotopic (exact) mass is 1850 g/mol. The van der Waals surface area contributed by atoms with Crippen LogP contribution in [0.2, 0.25) is 0 Å². The zero-order chi connectivity index (χ0) is 97.3. The molecule has 1 saturated heterocycles. The van der Waals surface area contributed by atoms with E-state index in [0.717, 1.165) is 23.6 Å². The summed E-state index contributed by atoms with van der Waals surface area (Å²) in [7, 11) is 0. The number of phenols is 1. The Bertz CT molecular complexity index is 4880. The van der Waals surface area contributed by atoms with Gasteiger partial charge in [0.15, 0.2) is 0 Å². The fourth-order valence-corrected chi connectivity index (χ4v) is 13.9. The number of nitrogens with zero attached hydrogens (tertiary/aromatic N) is 4. The van der Waals surface area contributed by atoms with E-state index >= 15 is 9.59 Å². The van der Waals surface area contributed by atoms with Crippen molar-refractivity contribution in [1.82, 2.24) is 72.8 Å². The average Bonchev–Trinajstić information content (AvgIpc) is 0.822. The van der Waals surface area contributed by atoms with E-state index in [9.17, 15) is 142 Å². The number of nitrogens with two attached hydrogens (primary N) is 1. The Labute approximate surface area is 752 Å². The molecule has 47 nitrogen and oxygen atoms in total. The van der Waals surface area contributed by atoms with E-state index in [0.29, 0.717) is 27.8 Å². The molecule has 0 radical (unpaired) electrons. The molecule has 0 saturated carbocycles. The SMILES string of the molecule is Nc1ccc(C[C@H](NC(=O)CCC(C(=O)O)N2CCN(CC(=O)O)CCN(CC(=O)O)CCN(CC(=O)O)CC2)C(=O)N[C@H](Cc2ccc(O)cc2)C(=O)N[C@H](Cc2ccc3ccccc3c2)C(=O)N[C@H](CCCCNC(=O)[C@@H](CC(=O)NCCCC(NC(=O)CC[C@H](NC(=O)N[C@@H](CCOC=O)C(=O)O)C(=O)O)C(=O)O)NC(=O)c2cc(C(=O)O)cc(C(=O)O)c2)C(=O)O)cc1. The van der Waals surface area contributed by atoms with Crippen molar-refractivity contribution < 1.29 is 157 Å². The first-order chi connectivity index (χ1) is 62.6. The summed E-state index contributed by atoms with van der Waals surface area (Å²) in [5.74, 6) is -23.3. The van der Waals surface area contributed by atoms with E-state index in [1.807, 2.05) is 10.6 Å². The number of carboxylic acids is 10. The number of aliphatic carboxylic acids is 8. The van der Waals surface area contributed by atoms with Crippen molar-refractivity contribution in [2.75, 3.05) is 97.4 Å². The number of carbonyl (C=O) groups excluding carboxylic acids is 10. The summed E-state index contributed by atoms with van der Waals surface area (Å²) in [6, 6.07) is 9.60. The fourth-order valence-electron chi connectivity index (χ4n) is 13.9. The number of hydrogen-bond donors (Lipinski definition) is 22. The van der Waals surface area contributed by atoms with Crippen LogP contribution in [0.1, 0.15) is 118 Å². The van der Waals surface area contributed by atoms with Crippen LogP contribution in [0.5, 0.6) is 5.75 Å². The number of fused-ring (bicyclic) bond motifs is 1. The molecule has 6 rings (SSSR count). The molecule has 0 bridgehead atoms. The van der Waals surface area contributed by atoms with Gasteiger partial charge in [-0.2, -0.15) is 0 Å². The van der Waals surface area contributed by atoms with Crippen LogP contribution in [0, 0.1) is 0 Å². The van der Waals surface area contributed by atoms with E-state index in [4.69, 9.17) is 5.73 Å². The first-order valence-corrected chi connectivity index (χ1v) is 41.5. The minimum Gasteiger partial charge on any atom is -0.508 e. The summed E-state index contributed by atoms with van der Waals surface area (Å²) in [5, 5.41) is 135. The second-order valence-electron chi connectivity index (χ2n) is 30.9. The van der Waals surface area contributed by atoms with Crippen LogP contribution in [0.15, 0.2) is 109 Å². The summed E-state index contributed by atoms with van der Waals surface area (Å²) in [4.78, 5) is 265. The van der Waals surface area contributed by atoms with Gasteiger partial charge in [0.1, 0.15) is 60.1 Å². The largest absolute Gasteiger partial charge is 0.508 e. The molecule has 9 atom stereocenters. The van der Waals surface area contributed by atoms with Crippen LogP contribution < -0.4 is 58.9 Å². The first kappa shape index (κ1) is 106. The fraction of sp³-hybridized carbons (Fsp3) is 0.435. The number of hydrogen-bond acceptors (Lipinski definition) is 27. The van der Waals surface area contributed by atoms with Crippen molar-refractivity contribution in [3.63, 3.8) is 0 Å². The number of benzene rings is 5. The molecule has 1 aliphatic heterocycles. The van der Waals surface area contributed by atoms with Crippen molar-refractivity contribution >= 4 is 136 Å². The number of nitrogen functional groups attached to an aromatic ring is 1. The van der Waals surface area contributed by atoms with Crippen LogP contribution in [0.25, 0.3) is 10.8 Å². The van der Waals surface area contributed by atoms with Gasteiger partial charge >= 0.3 is 65.7 Å². The highest BCUT2D eigenvalue weighted by atomic mass is 16.5. The van der Waals surface area contributed by atoms with Crippen molar-refractivity contribution in [3.8, 4) is 5.75 Å². The molecule has 132 heavy (non-hydrogen) atoms. The second-order valence-corrected chi connectivity index (χ2v) is 30.9. The minimum atomic E-state index is -1.87. The van der Waals surface area contributed by atoms with Gasteiger partial charge in [-0.25, -0.2) is 33.6 Å². The third-order valence-corrected chi connectivity index (χ3v) is 20.9. The maximum Gasteiger partial charge on any atom is 0.335 e. The standard InChI is InChI=1S/C85H107N15O32/c86-56-16-11-48(12-17-56)37-62(90-68(104)23-21-66(84(129)130)100-33-31-98(45-71(108)109)29-27-97(44-70(106)107)28-30-99(32-34-100)46-72(110)111)75(114)93-63(38-49-13-18-57(102)19-14-49)77(116)94-64(39-50-10-15-51-6-1-2-7-52(51)36-50)76(115)91-59(81(123)124)8-3-4-25-88-74(113)65(92-73(112)53-40-54(78(117)118)42-55(41-53)79(119)120)43-69(105)87-26-5-9-58(80(121)122)89-67(103)22-20-60(82(125)126)95-85(131)96-61(83(127)128)24-35-132-47-101/h1-2,6-7,10-19,36,40-42,47,58-66,102H,3-5,8-9,20-35,37-39,43-46,86H2,(H,87,105)(H,88,113)(H,89,103)(H,90,104)(H,91,115)(H,92,112)(H,93,114)(H,94,116)(H,106,107)(H,108,109)(H,110,111)(H,117,118)(H,119,120)(H,121,122)(H,123,124)(H,125,126)(H,127,128)(H,129,130)(H2,95,96,131)/t58?,59-,60+,61+,62+,63-,64-,65-,66?/m1/s1. The smallest absolute Gasteiger partial charge is 0.335 e. The average molecular weight is 1850 g/mol. The van der Waals surface area contributed by atoms with Gasteiger partial charge in [0.25, 0.3) is 12.4 Å². The van der Waals surface area contributed by atoms with Crippen LogP contribution >= 0.6 is 0 Å². The van der Waals surface area contributed by atoms with E-state index in [1.54, 1.807) is 54.6 Å². The number of phenolic OH excluding ortho intramolecular Hbond substituents is 1. The van der Waals surface area contributed by atoms with Gasteiger partial charge in [-0.3, -0.25) is 81.9 Å². The Balaban J connectivity index is 1.18. The predicted octanol–water partition coefficient (Wildman–Crippen LogP) is -2.23. The van der Waals surface area contributed by atoms with Gasteiger partial charge < -0.3 is 120 Å². The van der Waals surface area contributed by atoms with Gasteiger partial charge in [0.2, 0.25) is 41.4 Å². The Hall–Kier alpha value is -15.0. The number of ether oxygens (including phenoxy) is 1. The van der Waals surface area contributed by atoms with E-state index < -0.39 is 255 Å². The molecule has 1 heterocycles. The number of carboxylic acid groups (broad SMARTS) is 10. The number of anilines is 1. The molecule has 1 aliphatic rings. The molecule has 47 heteroatoms. The third-order valence-electron chi connectivity index (χ3n) is 20.9. The zero-order valence-electron chi connectivity index (χ0n) is 71.3. The third kappa shape index (κ3) is 37.7. The lowest BCUT2D eigenvalue weighted by Crippen LogP contribution is -2.59. The molecule has 0 aliphatic carbocycles. The quantitative estimate of drug-likeness (QED) is 0.0111. The van der Waals surface area contributed by atoms with Crippen LogP contribution in [-0.4, -0.2) is 341 Å².